The maximum atomic E-state index is 10.6. The van der Waals surface area contributed by atoms with Crippen LogP contribution in [0.2, 0.25) is 0 Å². The summed E-state index contributed by atoms with van der Waals surface area (Å²) in [5, 5.41) is 0. The standard InChI is InChI=1S/C8H16N2O/c1-7-3-2-4-10(5-7)6-8(9)11/h7H,2-6H2,1H3,(H2,9,11)/t7-/m1/s1. The van der Waals surface area contributed by atoms with Crippen molar-refractivity contribution in [2.24, 2.45) is 11.7 Å². The van der Waals surface area contributed by atoms with Crippen LogP contribution in [0, 0.1) is 5.92 Å². The number of hydrogen-bond donors (Lipinski definition) is 1. The van der Waals surface area contributed by atoms with Gasteiger partial charge < -0.3 is 5.73 Å². The zero-order chi connectivity index (χ0) is 8.27. The van der Waals surface area contributed by atoms with Crippen molar-refractivity contribution in [2.75, 3.05) is 19.6 Å². The molecule has 2 N–H and O–H groups in total. The second-order valence-corrected chi connectivity index (χ2v) is 3.45. The molecule has 0 unspecified atom stereocenters. The molecule has 1 aliphatic rings. The van der Waals surface area contributed by atoms with Gasteiger partial charge >= 0.3 is 0 Å². The Morgan fingerprint density at radius 1 is 1.73 bits per heavy atom. The van der Waals surface area contributed by atoms with Crippen molar-refractivity contribution in [3.8, 4) is 0 Å². The lowest BCUT2D eigenvalue weighted by atomic mass is 10.0. The van der Waals surface area contributed by atoms with Crippen LogP contribution in [0.5, 0.6) is 0 Å². The fourth-order valence-electron chi connectivity index (χ4n) is 1.65. The average molecular weight is 156 g/mol. The first-order valence-electron chi connectivity index (χ1n) is 4.19. The Bertz CT molecular complexity index is 147. The van der Waals surface area contributed by atoms with Crippen LogP contribution < -0.4 is 5.73 Å². The van der Waals surface area contributed by atoms with E-state index in [0.29, 0.717) is 6.54 Å². The molecular weight excluding hydrogens is 140 g/mol. The lowest BCUT2D eigenvalue weighted by Crippen LogP contribution is -2.40. The van der Waals surface area contributed by atoms with Crippen LogP contribution in [-0.4, -0.2) is 30.4 Å². The predicted molar refractivity (Wildman–Crippen MR) is 44.0 cm³/mol. The minimum atomic E-state index is -0.209. The molecule has 0 radical (unpaired) electrons. The third-order valence-corrected chi connectivity index (χ3v) is 2.12. The molecule has 0 aliphatic carbocycles. The van der Waals surface area contributed by atoms with E-state index in [2.05, 4.69) is 11.8 Å². The molecule has 1 amide bonds. The molecule has 1 rings (SSSR count). The Balaban J connectivity index is 2.28. The van der Waals surface area contributed by atoms with Gasteiger partial charge in [-0.25, -0.2) is 0 Å². The molecule has 1 atom stereocenters. The SMILES string of the molecule is C[C@@H]1CCCN(CC(N)=O)C1. The highest BCUT2D eigenvalue weighted by Crippen LogP contribution is 2.14. The minimum Gasteiger partial charge on any atom is -0.369 e. The monoisotopic (exact) mass is 156 g/mol. The van der Waals surface area contributed by atoms with Gasteiger partial charge in [-0.2, -0.15) is 0 Å². The number of rotatable bonds is 2. The highest BCUT2D eigenvalue weighted by atomic mass is 16.1. The molecule has 1 saturated heterocycles. The first-order valence-corrected chi connectivity index (χ1v) is 4.19. The third-order valence-electron chi connectivity index (χ3n) is 2.12. The Labute approximate surface area is 67.5 Å². The predicted octanol–water partition coefficient (Wildman–Crippen LogP) is 0.204. The fraction of sp³-hybridized carbons (Fsp3) is 0.875. The molecular formula is C8H16N2O. The van der Waals surface area contributed by atoms with Crippen molar-refractivity contribution in [1.82, 2.24) is 4.90 Å². The fourth-order valence-corrected chi connectivity index (χ4v) is 1.65. The molecule has 3 heteroatoms. The van der Waals surface area contributed by atoms with Gasteiger partial charge in [0.1, 0.15) is 0 Å². The van der Waals surface area contributed by atoms with E-state index in [9.17, 15) is 4.79 Å². The van der Waals surface area contributed by atoms with E-state index in [0.717, 1.165) is 19.0 Å². The Kier molecular flexibility index (Phi) is 2.88. The lowest BCUT2D eigenvalue weighted by molar-refractivity contribution is -0.119. The largest absolute Gasteiger partial charge is 0.369 e. The number of carbonyl (C=O) groups excluding carboxylic acids is 1. The van der Waals surface area contributed by atoms with Crippen molar-refractivity contribution >= 4 is 5.91 Å². The summed E-state index contributed by atoms with van der Waals surface area (Å²) in [6, 6.07) is 0. The minimum absolute atomic E-state index is 0.209. The number of nitrogens with two attached hydrogens (primary N) is 1. The second kappa shape index (κ2) is 3.72. The molecule has 0 bridgehead atoms. The first kappa shape index (κ1) is 8.53. The van der Waals surface area contributed by atoms with Crippen LogP contribution >= 0.6 is 0 Å². The number of primary amides is 1. The first-order chi connectivity index (χ1) is 5.18. The number of likely N-dealkylation sites (tertiary alicyclic amines) is 1. The van der Waals surface area contributed by atoms with E-state index in [1.54, 1.807) is 0 Å². The van der Waals surface area contributed by atoms with Gasteiger partial charge in [-0.1, -0.05) is 6.92 Å². The number of amides is 1. The van der Waals surface area contributed by atoms with E-state index in [-0.39, 0.29) is 5.91 Å². The van der Waals surface area contributed by atoms with Gasteiger partial charge in [-0.15, -0.1) is 0 Å². The summed E-state index contributed by atoms with van der Waals surface area (Å²) in [7, 11) is 0. The molecule has 64 valence electrons. The lowest BCUT2D eigenvalue weighted by Gasteiger charge is -2.29. The van der Waals surface area contributed by atoms with Gasteiger partial charge in [-0.3, -0.25) is 9.69 Å². The van der Waals surface area contributed by atoms with Crippen LogP contribution in [0.3, 0.4) is 0 Å². The quantitative estimate of drug-likeness (QED) is 0.621. The van der Waals surface area contributed by atoms with Crippen molar-refractivity contribution in [3.05, 3.63) is 0 Å². The van der Waals surface area contributed by atoms with Gasteiger partial charge in [0.2, 0.25) is 5.91 Å². The summed E-state index contributed by atoms with van der Waals surface area (Å²) in [6.07, 6.45) is 2.49. The zero-order valence-corrected chi connectivity index (χ0v) is 7.05. The molecule has 0 aromatic carbocycles. The van der Waals surface area contributed by atoms with Gasteiger partial charge in [0.15, 0.2) is 0 Å². The number of piperidine rings is 1. The highest BCUT2D eigenvalue weighted by Gasteiger charge is 2.16. The summed E-state index contributed by atoms with van der Waals surface area (Å²) in [5.74, 6) is 0.516. The molecule has 0 aromatic heterocycles. The van der Waals surface area contributed by atoms with Crippen LogP contribution in [0.4, 0.5) is 0 Å². The van der Waals surface area contributed by atoms with Crippen LogP contribution in [0.15, 0.2) is 0 Å². The summed E-state index contributed by atoms with van der Waals surface area (Å²) in [6.45, 7) is 4.72. The Morgan fingerprint density at radius 3 is 3.00 bits per heavy atom. The van der Waals surface area contributed by atoms with E-state index >= 15 is 0 Å². The third kappa shape index (κ3) is 2.89. The van der Waals surface area contributed by atoms with E-state index < -0.39 is 0 Å². The number of hydrogen-bond acceptors (Lipinski definition) is 2. The average Bonchev–Trinajstić information content (AvgIpc) is 1.85. The van der Waals surface area contributed by atoms with Crippen LogP contribution in [0.1, 0.15) is 19.8 Å². The summed E-state index contributed by atoms with van der Waals surface area (Å²) in [5.41, 5.74) is 5.09. The molecule has 11 heavy (non-hydrogen) atoms. The molecule has 1 fully saturated rings. The molecule has 3 nitrogen and oxygen atoms in total. The van der Waals surface area contributed by atoms with Gasteiger partial charge in [0.05, 0.1) is 6.54 Å². The van der Waals surface area contributed by atoms with E-state index in [4.69, 9.17) is 5.73 Å². The summed E-state index contributed by atoms with van der Waals surface area (Å²) in [4.78, 5) is 12.7. The molecule has 0 saturated carbocycles. The maximum Gasteiger partial charge on any atom is 0.231 e. The van der Waals surface area contributed by atoms with Crippen LogP contribution in [-0.2, 0) is 4.79 Å². The normalized spacial score (nSPS) is 26.8. The van der Waals surface area contributed by atoms with Crippen molar-refractivity contribution < 1.29 is 4.79 Å². The Hall–Kier alpha value is -0.570. The van der Waals surface area contributed by atoms with Crippen LogP contribution in [0.25, 0.3) is 0 Å². The second-order valence-electron chi connectivity index (χ2n) is 3.45. The van der Waals surface area contributed by atoms with Crippen molar-refractivity contribution in [3.63, 3.8) is 0 Å². The molecule has 1 heterocycles. The van der Waals surface area contributed by atoms with Gasteiger partial charge in [0.25, 0.3) is 0 Å². The Morgan fingerprint density at radius 2 is 2.45 bits per heavy atom. The highest BCUT2D eigenvalue weighted by molar-refractivity contribution is 5.75. The van der Waals surface area contributed by atoms with E-state index in [1.165, 1.54) is 12.8 Å². The maximum absolute atomic E-state index is 10.6. The molecule has 0 spiro atoms. The topological polar surface area (TPSA) is 46.3 Å². The summed E-state index contributed by atoms with van der Waals surface area (Å²) < 4.78 is 0. The summed E-state index contributed by atoms with van der Waals surface area (Å²) >= 11 is 0. The van der Waals surface area contributed by atoms with Crippen molar-refractivity contribution in [2.45, 2.75) is 19.8 Å². The zero-order valence-electron chi connectivity index (χ0n) is 7.05. The number of carbonyl (C=O) groups is 1. The smallest absolute Gasteiger partial charge is 0.231 e. The van der Waals surface area contributed by atoms with E-state index in [1.807, 2.05) is 0 Å². The van der Waals surface area contributed by atoms with Gasteiger partial charge in [0, 0.05) is 6.54 Å². The number of nitrogens with zero attached hydrogens (tertiary/aromatic N) is 1. The van der Waals surface area contributed by atoms with Crippen molar-refractivity contribution in [1.29, 1.82) is 0 Å². The molecule has 0 aromatic rings. The molecule has 1 aliphatic heterocycles. The van der Waals surface area contributed by atoms with Gasteiger partial charge in [-0.05, 0) is 25.3 Å².